The Bertz CT molecular complexity index is 343. The van der Waals surface area contributed by atoms with Crippen molar-refractivity contribution in [1.82, 2.24) is 10.3 Å². The standard InChI is InChI=1S/C13H21N3O.ClH/c1-10(2)8-12(14)13(17)16-7-5-11-4-3-6-15-9-11;/h3-4,6,9-10,12H,5,7-8,14H2,1-2H3,(H,16,17);1H/t12-;/m0./s1. The molecule has 4 nitrogen and oxygen atoms in total. The minimum absolute atomic E-state index is 0. The van der Waals surface area contributed by atoms with Gasteiger partial charge in [0, 0.05) is 18.9 Å². The molecule has 5 heteroatoms. The highest BCUT2D eigenvalue weighted by Crippen LogP contribution is 2.02. The summed E-state index contributed by atoms with van der Waals surface area (Å²) in [4.78, 5) is 15.6. The lowest BCUT2D eigenvalue weighted by Gasteiger charge is -2.13. The predicted molar refractivity (Wildman–Crippen MR) is 75.6 cm³/mol. The second-order valence-electron chi connectivity index (χ2n) is 4.64. The lowest BCUT2D eigenvalue weighted by molar-refractivity contribution is -0.122. The SMILES string of the molecule is CC(C)C[C@H](N)C(=O)NCCc1cccnc1.Cl. The molecule has 0 spiro atoms. The highest BCUT2D eigenvalue weighted by Gasteiger charge is 2.13. The van der Waals surface area contributed by atoms with Crippen molar-refractivity contribution in [2.45, 2.75) is 32.7 Å². The zero-order valence-electron chi connectivity index (χ0n) is 10.9. The van der Waals surface area contributed by atoms with Crippen LogP contribution in [0.2, 0.25) is 0 Å². The van der Waals surface area contributed by atoms with Crippen molar-refractivity contribution in [2.75, 3.05) is 6.54 Å². The molecule has 0 saturated heterocycles. The van der Waals surface area contributed by atoms with Crippen LogP contribution in [0.3, 0.4) is 0 Å². The number of amides is 1. The van der Waals surface area contributed by atoms with E-state index in [4.69, 9.17) is 5.73 Å². The zero-order valence-corrected chi connectivity index (χ0v) is 11.7. The molecule has 0 bridgehead atoms. The van der Waals surface area contributed by atoms with Gasteiger partial charge in [-0.1, -0.05) is 19.9 Å². The fourth-order valence-corrected chi connectivity index (χ4v) is 1.62. The number of pyridine rings is 1. The number of nitrogens with zero attached hydrogens (tertiary/aromatic N) is 1. The van der Waals surface area contributed by atoms with Gasteiger partial charge in [-0.25, -0.2) is 0 Å². The Kier molecular flexibility index (Phi) is 8.33. The molecule has 1 rings (SSSR count). The maximum Gasteiger partial charge on any atom is 0.236 e. The van der Waals surface area contributed by atoms with E-state index in [0.717, 1.165) is 18.4 Å². The molecule has 0 aliphatic heterocycles. The van der Waals surface area contributed by atoms with Crippen LogP contribution in [0.1, 0.15) is 25.8 Å². The quantitative estimate of drug-likeness (QED) is 0.825. The normalized spacial score (nSPS) is 11.8. The Morgan fingerprint density at radius 2 is 2.22 bits per heavy atom. The van der Waals surface area contributed by atoms with Gasteiger partial charge >= 0.3 is 0 Å². The number of nitrogens with one attached hydrogen (secondary N) is 1. The van der Waals surface area contributed by atoms with E-state index in [0.29, 0.717) is 12.5 Å². The number of halogens is 1. The molecule has 1 aromatic heterocycles. The lowest BCUT2D eigenvalue weighted by Crippen LogP contribution is -2.42. The van der Waals surface area contributed by atoms with E-state index in [1.54, 1.807) is 12.4 Å². The Balaban J connectivity index is 0.00000289. The summed E-state index contributed by atoms with van der Waals surface area (Å²) in [5.41, 5.74) is 6.89. The molecule has 0 fully saturated rings. The summed E-state index contributed by atoms with van der Waals surface area (Å²) in [5, 5.41) is 2.84. The van der Waals surface area contributed by atoms with Crippen molar-refractivity contribution in [3.05, 3.63) is 30.1 Å². The number of rotatable bonds is 6. The molecule has 1 heterocycles. The molecule has 1 amide bonds. The van der Waals surface area contributed by atoms with Gasteiger partial charge in [0.05, 0.1) is 6.04 Å². The highest BCUT2D eigenvalue weighted by atomic mass is 35.5. The number of carbonyl (C=O) groups excluding carboxylic acids is 1. The van der Waals surface area contributed by atoms with E-state index < -0.39 is 6.04 Å². The number of nitrogens with two attached hydrogens (primary N) is 1. The fraction of sp³-hybridized carbons (Fsp3) is 0.538. The summed E-state index contributed by atoms with van der Waals surface area (Å²) in [6, 6.07) is 3.48. The maximum atomic E-state index is 11.6. The molecule has 1 aromatic rings. The van der Waals surface area contributed by atoms with Crippen molar-refractivity contribution < 1.29 is 4.79 Å². The summed E-state index contributed by atoms with van der Waals surface area (Å²) >= 11 is 0. The molecule has 0 saturated carbocycles. The smallest absolute Gasteiger partial charge is 0.236 e. The third kappa shape index (κ3) is 6.57. The first kappa shape index (κ1) is 16.9. The Morgan fingerprint density at radius 1 is 1.50 bits per heavy atom. The lowest BCUT2D eigenvalue weighted by atomic mass is 10.0. The van der Waals surface area contributed by atoms with Crippen molar-refractivity contribution in [3.63, 3.8) is 0 Å². The van der Waals surface area contributed by atoms with E-state index in [1.807, 2.05) is 12.1 Å². The van der Waals surface area contributed by atoms with Gasteiger partial charge in [-0.3, -0.25) is 9.78 Å². The Labute approximate surface area is 115 Å². The number of hydrogen-bond donors (Lipinski definition) is 2. The Morgan fingerprint density at radius 3 is 2.78 bits per heavy atom. The molecule has 0 aliphatic carbocycles. The molecule has 0 aliphatic rings. The van der Waals surface area contributed by atoms with Gasteiger partial charge in [0.1, 0.15) is 0 Å². The third-order valence-corrected chi connectivity index (χ3v) is 2.50. The van der Waals surface area contributed by atoms with Crippen LogP contribution in [0.15, 0.2) is 24.5 Å². The summed E-state index contributed by atoms with van der Waals surface area (Å²) in [5.74, 6) is 0.372. The van der Waals surface area contributed by atoms with E-state index in [-0.39, 0.29) is 18.3 Å². The zero-order chi connectivity index (χ0) is 12.7. The largest absolute Gasteiger partial charge is 0.354 e. The van der Waals surface area contributed by atoms with Crippen molar-refractivity contribution in [2.24, 2.45) is 11.7 Å². The van der Waals surface area contributed by atoms with Gasteiger partial charge < -0.3 is 11.1 Å². The average Bonchev–Trinajstić information content (AvgIpc) is 2.29. The monoisotopic (exact) mass is 271 g/mol. The molecule has 0 unspecified atom stereocenters. The first-order valence-corrected chi connectivity index (χ1v) is 6.01. The molecule has 0 aromatic carbocycles. The minimum Gasteiger partial charge on any atom is -0.354 e. The second-order valence-corrected chi connectivity index (χ2v) is 4.64. The van der Waals surface area contributed by atoms with E-state index in [9.17, 15) is 4.79 Å². The van der Waals surface area contributed by atoms with Crippen LogP contribution < -0.4 is 11.1 Å². The average molecular weight is 272 g/mol. The predicted octanol–water partition coefficient (Wildman–Crippen LogP) is 1.54. The van der Waals surface area contributed by atoms with Gasteiger partial charge in [0.25, 0.3) is 0 Å². The number of carbonyl (C=O) groups is 1. The molecular formula is C13H22ClN3O. The molecule has 18 heavy (non-hydrogen) atoms. The Hall–Kier alpha value is -1.13. The summed E-state index contributed by atoms with van der Waals surface area (Å²) < 4.78 is 0. The number of aromatic nitrogens is 1. The van der Waals surface area contributed by atoms with Crippen LogP contribution in [0.5, 0.6) is 0 Å². The fourth-order valence-electron chi connectivity index (χ4n) is 1.62. The van der Waals surface area contributed by atoms with Crippen molar-refractivity contribution in [1.29, 1.82) is 0 Å². The maximum absolute atomic E-state index is 11.6. The van der Waals surface area contributed by atoms with Gasteiger partial charge in [-0.2, -0.15) is 0 Å². The molecule has 0 radical (unpaired) electrons. The third-order valence-electron chi connectivity index (χ3n) is 2.50. The van der Waals surface area contributed by atoms with E-state index in [2.05, 4.69) is 24.1 Å². The van der Waals surface area contributed by atoms with Crippen LogP contribution in [-0.4, -0.2) is 23.5 Å². The van der Waals surface area contributed by atoms with Crippen LogP contribution in [-0.2, 0) is 11.2 Å². The van der Waals surface area contributed by atoms with Crippen LogP contribution in [0.4, 0.5) is 0 Å². The topological polar surface area (TPSA) is 68.0 Å². The van der Waals surface area contributed by atoms with E-state index >= 15 is 0 Å². The molecule has 3 N–H and O–H groups in total. The van der Waals surface area contributed by atoms with Crippen LogP contribution in [0, 0.1) is 5.92 Å². The van der Waals surface area contributed by atoms with Crippen LogP contribution in [0.25, 0.3) is 0 Å². The molecule has 102 valence electrons. The van der Waals surface area contributed by atoms with Gasteiger partial charge in [-0.15, -0.1) is 12.4 Å². The molecule has 1 atom stereocenters. The van der Waals surface area contributed by atoms with Crippen molar-refractivity contribution >= 4 is 18.3 Å². The minimum atomic E-state index is -0.399. The van der Waals surface area contributed by atoms with Gasteiger partial charge in [0.2, 0.25) is 5.91 Å². The van der Waals surface area contributed by atoms with Crippen LogP contribution >= 0.6 is 12.4 Å². The second kappa shape index (κ2) is 8.89. The summed E-state index contributed by atoms with van der Waals surface area (Å²) in [7, 11) is 0. The first-order valence-electron chi connectivity index (χ1n) is 6.01. The van der Waals surface area contributed by atoms with Gasteiger partial charge in [-0.05, 0) is 30.4 Å². The summed E-state index contributed by atoms with van der Waals surface area (Å²) in [6.07, 6.45) is 5.05. The van der Waals surface area contributed by atoms with E-state index in [1.165, 1.54) is 0 Å². The molecular weight excluding hydrogens is 250 g/mol. The summed E-state index contributed by atoms with van der Waals surface area (Å²) in [6.45, 7) is 4.72. The van der Waals surface area contributed by atoms with Gasteiger partial charge in [0.15, 0.2) is 0 Å². The van der Waals surface area contributed by atoms with Crippen molar-refractivity contribution in [3.8, 4) is 0 Å². The first-order chi connectivity index (χ1) is 8.09. The highest BCUT2D eigenvalue weighted by molar-refractivity contribution is 5.85. The number of hydrogen-bond acceptors (Lipinski definition) is 3.